The van der Waals surface area contributed by atoms with Gasteiger partial charge in [-0.2, -0.15) is 0 Å². The van der Waals surface area contributed by atoms with Gasteiger partial charge in [-0.1, -0.05) is 19.8 Å². The molecule has 0 spiro atoms. The fourth-order valence-electron chi connectivity index (χ4n) is 1.70. The highest BCUT2D eigenvalue weighted by molar-refractivity contribution is 5.66. The van der Waals surface area contributed by atoms with Gasteiger partial charge >= 0.3 is 5.97 Å². The van der Waals surface area contributed by atoms with E-state index in [1.807, 2.05) is 0 Å². The molecule has 0 aliphatic rings. The number of unbranched alkanes of at least 4 members (excludes halogenated alkanes) is 3. The van der Waals surface area contributed by atoms with Crippen molar-refractivity contribution in [1.29, 1.82) is 0 Å². The fraction of sp³-hybridized carbons (Fsp3) is 0.923. The minimum atomic E-state index is -0.700. The minimum Gasteiger partial charge on any atom is -0.481 e. The molecule has 0 fully saturated rings. The molecular formula is C13H27NO3. The van der Waals surface area contributed by atoms with Gasteiger partial charge in [0.2, 0.25) is 0 Å². The Kier molecular flexibility index (Phi) is 11.4. The van der Waals surface area contributed by atoms with Crippen LogP contribution in [0.1, 0.15) is 51.9 Å². The number of hydrogen-bond donors (Lipinski definition) is 3. The fourth-order valence-corrected chi connectivity index (χ4v) is 1.70. The lowest BCUT2D eigenvalue weighted by Crippen LogP contribution is -2.19. The van der Waals surface area contributed by atoms with Crippen molar-refractivity contribution in [3.63, 3.8) is 0 Å². The van der Waals surface area contributed by atoms with Gasteiger partial charge in [-0.05, 0) is 44.7 Å². The lowest BCUT2D eigenvalue weighted by Gasteiger charge is -2.10. The van der Waals surface area contributed by atoms with E-state index in [2.05, 4.69) is 12.2 Å². The number of carbonyl (C=O) groups is 1. The molecule has 0 saturated carbocycles. The molecule has 0 radical (unpaired) electrons. The Balaban J connectivity index is 3.13. The maximum absolute atomic E-state index is 10.4. The van der Waals surface area contributed by atoms with E-state index < -0.39 is 5.97 Å². The third kappa shape index (κ3) is 13.3. The Bertz CT molecular complexity index is 186. The zero-order valence-electron chi connectivity index (χ0n) is 11.0. The van der Waals surface area contributed by atoms with Crippen molar-refractivity contribution in [2.45, 2.75) is 51.9 Å². The lowest BCUT2D eigenvalue weighted by molar-refractivity contribution is -0.137. The number of aliphatic hydroxyl groups excluding tert-OH is 1. The van der Waals surface area contributed by atoms with Crippen LogP contribution in [0.2, 0.25) is 0 Å². The van der Waals surface area contributed by atoms with Crippen LogP contribution in [0, 0.1) is 5.92 Å². The summed E-state index contributed by atoms with van der Waals surface area (Å²) < 4.78 is 0. The summed E-state index contributed by atoms with van der Waals surface area (Å²) in [5.74, 6) is -0.221. The van der Waals surface area contributed by atoms with E-state index in [4.69, 9.17) is 10.2 Å². The standard InChI is InChI=1S/C13H27NO3/c1-12(6-7-13(16)17)8-10-14-9-4-2-3-5-11-15/h12,14-15H,2-11H2,1H3,(H,16,17). The van der Waals surface area contributed by atoms with E-state index in [0.29, 0.717) is 12.5 Å². The first kappa shape index (κ1) is 16.4. The van der Waals surface area contributed by atoms with E-state index in [0.717, 1.165) is 45.2 Å². The van der Waals surface area contributed by atoms with Gasteiger partial charge in [0, 0.05) is 13.0 Å². The van der Waals surface area contributed by atoms with E-state index >= 15 is 0 Å². The van der Waals surface area contributed by atoms with Crippen molar-refractivity contribution in [1.82, 2.24) is 5.32 Å². The van der Waals surface area contributed by atoms with Crippen molar-refractivity contribution in [3.05, 3.63) is 0 Å². The van der Waals surface area contributed by atoms with Crippen LogP contribution >= 0.6 is 0 Å². The average Bonchev–Trinajstić information content (AvgIpc) is 2.30. The Hall–Kier alpha value is -0.610. The predicted octanol–water partition coefficient (Wildman–Crippen LogP) is 2.02. The Labute approximate surface area is 104 Å². The molecule has 0 heterocycles. The van der Waals surface area contributed by atoms with E-state index in [-0.39, 0.29) is 6.42 Å². The Morgan fingerprint density at radius 1 is 1.12 bits per heavy atom. The second-order valence-electron chi connectivity index (χ2n) is 4.71. The molecule has 17 heavy (non-hydrogen) atoms. The summed E-state index contributed by atoms with van der Waals surface area (Å²) in [4.78, 5) is 10.4. The molecule has 0 aliphatic heterocycles. The third-order valence-corrected chi connectivity index (χ3v) is 2.93. The molecule has 0 bridgehead atoms. The molecule has 102 valence electrons. The molecule has 0 saturated heterocycles. The SMILES string of the molecule is CC(CCNCCCCCCO)CCC(=O)O. The second kappa shape index (κ2) is 11.9. The molecule has 3 N–H and O–H groups in total. The van der Waals surface area contributed by atoms with Crippen molar-refractivity contribution < 1.29 is 15.0 Å². The summed E-state index contributed by atoms with van der Waals surface area (Å²) in [6.45, 7) is 4.40. The van der Waals surface area contributed by atoms with Crippen LogP contribution in [-0.2, 0) is 4.79 Å². The maximum atomic E-state index is 10.4. The summed E-state index contributed by atoms with van der Waals surface area (Å²) in [5, 5.41) is 20.5. The normalized spacial score (nSPS) is 12.6. The monoisotopic (exact) mass is 245 g/mol. The summed E-state index contributed by atoms with van der Waals surface area (Å²) in [7, 11) is 0. The number of carboxylic acid groups (broad SMARTS) is 1. The summed E-state index contributed by atoms with van der Waals surface area (Å²) in [6.07, 6.45) is 6.44. The van der Waals surface area contributed by atoms with Gasteiger partial charge in [0.25, 0.3) is 0 Å². The number of aliphatic hydroxyl groups is 1. The first-order valence-electron chi connectivity index (χ1n) is 6.70. The van der Waals surface area contributed by atoms with Crippen LogP contribution in [0.15, 0.2) is 0 Å². The zero-order valence-corrected chi connectivity index (χ0v) is 11.0. The van der Waals surface area contributed by atoms with E-state index in [1.54, 1.807) is 0 Å². The minimum absolute atomic E-state index is 0.280. The quantitative estimate of drug-likeness (QED) is 0.460. The molecule has 4 heteroatoms. The smallest absolute Gasteiger partial charge is 0.303 e. The largest absolute Gasteiger partial charge is 0.481 e. The van der Waals surface area contributed by atoms with E-state index in [1.165, 1.54) is 6.42 Å². The van der Waals surface area contributed by atoms with Crippen molar-refractivity contribution in [2.24, 2.45) is 5.92 Å². The molecule has 0 aromatic heterocycles. The van der Waals surface area contributed by atoms with Crippen molar-refractivity contribution >= 4 is 5.97 Å². The number of rotatable bonds is 12. The van der Waals surface area contributed by atoms with Gasteiger partial charge < -0.3 is 15.5 Å². The average molecular weight is 245 g/mol. The van der Waals surface area contributed by atoms with Crippen molar-refractivity contribution in [2.75, 3.05) is 19.7 Å². The van der Waals surface area contributed by atoms with Gasteiger partial charge in [0.05, 0.1) is 0 Å². The molecule has 4 nitrogen and oxygen atoms in total. The molecule has 1 unspecified atom stereocenters. The Morgan fingerprint density at radius 2 is 1.82 bits per heavy atom. The van der Waals surface area contributed by atoms with Crippen LogP contribution in [0.5, 0.6) is 0 Å². The molecular weight excluding hydrogens is 218 g/mol. The van der Waals surface area contributed by atoms with Gasteiger partial charge in [-0.15, -0.1) is 0 Å². The van der Waals surface area contributed by atoms with Crippen LogP contribution in [0.25, 0.3) is 0 Å². The first-order chi connectivity index (χ1) is 8.16. The van der Waals surface area contributed by atoms with Gasteiger partial charge in [0.15, 0.2) is 0 Å². The molecule has 0 aromatic carbocycles. The summed E-state index contributed by atoms with van der Waals surface area (Å²) in [6, 6.07) is 0. The molecule has 0 rings (SSSR count). The number of hydrogen-bond acceptors (Lipinski definition) is 3. The second-order valence-corrected chi connectivity index (χ2v) is 4.71. The van der Waals surface area contributed by atoms with Gasteiger partial charge in [-0.3, -0.25) is 4.79 Å². The highest BCUT2D eigenvalue weighted by Gasteiger charge is 2.04. The topological polar surface area (TPSA) is 69.6 Å². The molecule has 0 aliphatic carbocycles. The van der Waals surface area contributed by atoms with Gasteiger partial charge in [0.1, 0.15) is 0 Å². The summed E-state index contributed by atoms with van der Waals surface area (Å²) in [5.41, 5.74) is 0. The van der Waals surface area contributed by atoms with Crippen LogP contribution < -0.4 is 5.32 Å². The lowest BCUT2D eigenvalue weighted by atomic mass is 10.0. The highest BCUT2D eigenvalue weighted by atomic mass is 16.4. The number of nitrogens with one attached hydrogen (secondary N) is 1. The number of carboxylic acids is 1. The highest BCUT2D eigenvalue weighted by Crippen LogP contribution is 2.09. The first-order valence-corrected chi connectivity index (χ1v) is 6.70. The van der Waals surface area contributed by atoms with Crippen molar-refractivity contribution in [3.8, 4) is 0 Å². The van der Waals surface area contributed by atoms with Crippen LogP contribution in [0.4, 0.5) is 0 Å². The Morgan fingerprint density at radius 3 is 2.47 bits per heavy atom. The van der Waals surface area contributed by atoms with Crippen LogP contribution in [0.3, 0.4) is 0 Å². The third-order valence-electron chi connectivity index (χ3n) is 2.93. The zero-order chi connectivity index (χ0) is 12.9. The van der Waals surface area contributed by atoms with E-state index in [9.17, 15) is 4.79 Å². The predicted molar refractivity (Wildman–Crippen MR) is 69.1 cm³/mol. The summed E-state index contributed by atoms with van der Waals surface area (Å²) >= 11 is 0. The maximum Gasteiger partial charge on any atom is 0.303 e. The van der Waals surface area contributed by atoms with Gasteiger partial charge in [-0.25, -0.2) is 0 Å². The molecule has 1 atom stereocenters. The van der Waals surface area contributed by atoms with Crippen LogP contribution in [-0.4, -0.2) is 35.9 Å². The number of aliphatic carboxylic acids is 1. The molecule has 0 aromatic rings. The molecule has 0 amide bonds.